The van der Waals surface area contributed by atoms with E-state index in [1.165, 1.54) is 31.2 Å². The molecule has 1 fully saturated rings. The average molecular weight is 345 g/mol. The van der Waals surface area contributed by atoms with Gasteiger partial charge in [-0.3, -0.25) is 4.79 Å². The minimum absolute atomic E-state index is 0.0270. The van der Waals surface area contributed by atoms with Gasteiger partial charge in [0.25, 0.3) is 5.91 Å². The van der Waals surface area contributed by atoms with E-state index in [-0.39, 0.29) is 17.3 Å². The van der Waals surface area contributed by atoms with Gasteiger partial charge >= 0.3 is 0 Å². The molecule has 0 radical (unpaired) electrons. The van der Waals surface area contributed by atoms with Crippen LogP contribution in [0.4, 0.5) is 16.6 Å². The van der Waals surface area contributed by atoms with Gasteiger partial charge in [0, 0.05) is 5.56 Å². The van der Waals surface area contributed by atoms with Crippen molar-refractivity contribution in [2.24, 2.45) is 0 Å². The van der Waals surface area contributed by atoms with Crippen LogP contribution in [-0.4, -0.2) is 23.0 Å². The van der Waals surface area contributed by atoms with Crippen LogP contribution in [0.5, 0.6) is 5.75 Å². The van der Waals surface area contributed by atoms with Crippen molar-refractivity contribution in [3.63, 3.8) is 0 Å². The van der Waals surface area contributed by atoms with E-state index >= 15 is 0 Å². The van der Waals surface area contributed by atoms with E-state index in [4.69, 9.17) is 10.5 Å². The molecule has 1 aliphatic carbocycles. The zero-order valence-corrected chi connectivity index (χ0v) is 14.2. The van der Waals surface area contributed by atoms with Crippen LogP contribution in [-0.2, 0) is 5.54 Å². The molecule has 126 valence electrons. The predicted molar refractivity (Wildman–Crippen MR) is 92.8 cm³/mol. The van der Waals surface area contributed by atoms with Gasteiger partial charge in [-0.2, -0.15) is 0 Å². The average Bonchev–Trinajstić information content (AvgIpc) is 3.09. The molecular weight excluding hydrogens is 326 g/mol. The molecule has 2 aromatic heterocycles. The molecule has 7 nitrogen and oxygen atoms in total. The van der Waals surface area contributed by atoms with Crippen molar-refractivity contribution in [1.29, 1.82) is 0 Å². The number of nitrogens with zero attached hydrogens (tertiary/aromatic N) is 2. The van der Waals surface area contributed by atoms with Crippen LogP contribution in [0.25, 0.3) is 0 Å². The Labute approximate surface area is 143 Å². The van der Waals surface area contributed by atoms with E-state index in [0.717, 1.165) is 41.1 Å². The number of rotatable bonds is 3. The van der Waals surface area contributed by atoms with Gasteiger partial charge in [-0.25, -0.2) is 9.97 Å². The Balaban J connectivity index is 1.68. The second-order valence-electron chi connectivity index (χ2n) is 6.22. The summed E-state index contributed by atoms with van der Waals surface area (Å²) in [6.07, 6.45) is 6.93. The molecule has 1 saturated carbocycles. The number of amides is 1. The first kappa shape index (κ1) is 15.2. The number of hydrogen-bond acceptors (Lipinski definition) is 7. The Bertz CT molecular complexity index is 798. The first-order valence-corrected chi connectivity index (χ1v) is 8.83. The van der Waals surface area contributed by atoms with Crippen molar-refractivity contribution < 1.29 is 9.53 Å². The number of nitrogens with two attached hydrogens (primary N) is 1. The van der Waals surface area contributed by atoms with Crippen LogP contribution >= 0.6 is 11.3 Å². The van der Waals surface area contributed by atoms with Crippen LogP contribution in [0, 0.1) is 0 Å². The Kier molecular flexibility index (Phi) is 3.56. The lowest BCUT2D eigenvalue weighted by molar-refractivity contribution is 0.0912. The number of nitrogen functional groups attached to an aromatic ring is 1. The van der Waals surface area contributed by atoms with Crippen molar-refractivity contribution in [1.82, 2.24) is 15.3 Å². The second-order valence-corrected chi connectivity index (χ2v) is 7.27. The Morgan fingerprint density at radius 3 is 2.88 bits per heavy atom. The third-order valence-electron chi connectivity index (χ3n) is 4.79. The summed E-state index contributed by atoms with van der Waals surface area (Å²) >= 11 is 1.44. The smallest absolute Gasteiger partial charge is 0.262 e. The van der Waals surface area contributed by atoms with Gasteiger partial charge in [0.1, 0.15) is 6.33 Å². The maximum atomic E-state index is 12.4. The van der Waals surface area contributed by atoms with Crippen LogP contribution in [0.15, 0.2) is 12.4 Å². The minimum atomic E-state index is -0.185. The molecule has 0 atom stereocenters. The first-order chi connectivity index (χ1) is 11.6. The van der Waals surface area contributed by atoms with Gasteiger partial charge in [-0.1, -0.05) is 19.3 Å². The summed E-state index contributed by atoms with van der Waals surface area (Å²) in [5.74, 6) is 1.21. The number of thiophene rings is 1. The lowest BCUT2D eigenvalue weighted by Gasteiger charge is -2.33. The maximum Gasteiger partial charge on any atom is 0.262 e. The number of nitrogens with one attached hydrogen (secondary N) is 2. The van der Waals surface area contributed by atoms with Gasteiger partial charge < -0.3 is 21.1 Å². The molecule has 0 saturated heterocycles. The van der Waals surface area contributed by atoms with Crippen LogP contribution in [0.1, 0.15) is 47.3 Å². The molecule has 4 rings (SSSR count). The molecule has 1 aliphatic heterocycles. The third kappa shape index (κ3) is 2.29. The van der Waals surface area contributed by atoms with E-state index in [1.54, 1.807) is 0 Å². The number of methoxy groups -OCH3 is 1. The van der Waals surface area contributed by atoms with Crippen molar-refractivity contribution in [3.8, 4) is 5.75 Å². The first-order valence-electron chi connectivity index (χ1n) is 8.01. The van der Waals surface area contributed by atoms with Crippen molar-refractivity contribution in [2.45, 2.75) is 37.6 Å². The van der Waals surface area contributed by atoms with Gasteiger partial charge in [0.05, 0.1) is 22.5 Å². The fourth-order valence-corrected chi connectivity index (χ4v) is 4.71. The summed E-state index contributed by atoms with van der Waals surface area (Å²) in [6.45, 7) is 0. The number of carbonyl (C=O) groups excluding carboxylic acids is 1. The largest absolute Gasteiger partial charge is 0.490 e. The van der Waals surface area contributed by atoms with E-state index in [1.807, 2.05) is 0 Å². The SMILES string of the molecule is COc1c(N)ncnc1Nc1cc2c(s1)C(=O)NC21CCCCC1. The highest BCUT2D eigenvalue weighted by molar-refractivity contribution is 7.18. The molecule has 24 heavy (non-hydrogen) atoms. The lowest BCUT2D eigenvalue weighted by atomic mass is 9.78. The van der Waals surface area contributed by atoms with Crippen molar-refractivity contribution >= 4 is 33.9 Å². The number of fused-ring (bicyclic) bond motifs is 2. The lowest BCUT2D eigenvalue weighted by Crippen LogP contribution is -2.40. The van der Waals surface area contributed by atoms with Crippen LogP contribution in [0.2, 0.25) is 0 Å². The topological polar surface area (TPSA) is 102 Å². The normalized spacial score (nSPS) is 18.3. The number of carbonyl (C=O) groups is 1. The van der Waals surface area contributed by atoms with E-state index in [2.05, 4.69) is 26.7 Å². The quantitative estimate of drug-likeness (QED) is 0.790. The Morgan fingerprint density at radius 2 is 2.12 bits per heavy atom. The standard InChI is InChI=1S/C16H19N5O2S/c1-23-11-13(17)18-8-19-14(11)20-10-7-9-12(24-10)15(22)21-16(9)5-3-2-4-6-16/h7-8H,2-6H2,1H3,(H,21,22)(H3,17,18,19,20). The van der Waals surface area contributed by atoms with Crippen molar-refractivity contribution in [2.75, 3.05) is 18.2 Å². The van der Waals surface area contributed by atoms with Crippen molar-refractivity contribution in [3.05, 3.63) is 22.8 Å². The van der Waals surface area contributed by atoms with Crippen LogP contribution < -0.4 is 21.1 Å². The van der Waals surface area contributed by atoms with Crippen LogP contribution in [0.3, 0.4) is 0 Å². The Hall–Kier alpha value is -2.35. The summed E-state index contributed by atoms with van der Waals surface area (Å²) in [6, 6.07) is 2.06. The molecule has 8 heteroatoms. The molecule has 3 heterocycles. The fraction of sp³-hybridized carbons (Fsp3) is 0.438. The van der Waals surface area contributed by atoms with E-state index in [0.29, 0.717) is 11.6 Å². The molecule has 4 N–H and O–H groups in total. The van der Waals surface area contributed by atoms with Gasteiger partial charge in [-0.05, 0) is 18.9 Å². The highest BCUT2D eigenvalue weighted by atomic mass is 32.1. The Morgan fingerprint density at radius 1 is 1.33 bits per heavy atom. The molecule has 2 aromatic rings. The summed E-state index contributed by atoms with van der Waals surface area (Å²) in [5.41, 5.74) is 6.74. The third-order valence-corrected chi connectivity index (χ3v) is 5.84. The maximum absolute atomic E-state index is 12.4. The molecule has 0 bridgehead atoms. The highest BCUT2D eigenvalue weighted by Crippen LogP contribution is 2.47. The molecular formula is C16H19N5O2S. The molecule has 0 aromatic carbocycles. The summed E-state index contributed by atoms with van der Waals surface area (Å²) < 4.78 is 5.27. The molecule has 1 amide bonds. The zero-order valence-electron chi connectivity index (χ0n) is 13.4. The van der Waals surface area contributed by atoms with Gasteiger partial charge in [0.15, 0.2) is 11.6 Å². The molecule has 0 unspecified atom stereocenters. The number of hydrogen-bond donors (Lipinski definition) is 3. The highest BCUT2D eigenvalue weighted by Gasteiger charge is 2.45. The molecule has 1 spiro atoms. The van der Waals surface area contributed by atoms with E-state index in [9.17, 15) is 4.79 Å². The predicted octanol–water partition coefficient (Wildman–Crippen LogP) is 2.78. The number of ether oxygens (including phenoxy) is 1. The number of aromatic nitrogens is 2. The molecule has 2 aliphatic rings. The fourth-order valence-electron chi connectivity index (χ4n) is 3.66. The minimum Gasteiger partial charge on any atom is -0.490 e. The van der Waals surface area contributed by atoms with Gasteiger partial charge in [-0.15, -0.1) is 11.3 Å². The summed E-state index contributed by atoms with van der Waals surface area (Å²) in [4.78, 5) is 21.3. The second kappa shape index (κ2) is 5.62. The van der Waals surface area contributed by atoms with Gasteiger partial charge in [0.2, 0.25) is 5.75 Å². The number of anilines is 3. The zero-order chi connectivity index (χ0) is 16.7. The monoisotopic (exact) mass is 345 g/mol. The summed E-state index contributed by atoms with van der Waals surface area (Å²) in [7, 11) is 1.53. The van der Waals surface area contributed by atoms with E-state index < -0.39 is 0 Å². The summed E-state index contributed by atoms with van der Waals surface area (Å²) in [5, 5.41) is 7.29.